The molecule has 0 radical (unpaired) electrons. The van der Waals surface area contributed by atoms with Crippen molar-refractivity contribution in [2.45, 2.75) is 26.3 Å². The monoisotopic (exact) mass is 226 g/mol. The molecule has 0 bridgehead atoms. The smallest absolute Gasteiger partial charge is 0.234 e. The molecule has 0 aromatic rings. The van der Waals surface area contributed by atoms with Crippen molar-refractivity contribution in [3.63, 3.8) is 0 Å². The number of nitriles is 1. The van der Waals surface area contributed by atoms with Crippen molar-refractivity contribution in [2.24, 2.45) is 0 Å². The summed E-state index contributed by atoms with van der Waals surface area (Å²) in [7, 11) is 0. The quantitative estimate of drug-likeness (QED) is 0.388. The van der Waals surface area contributed by atoms with Crippen molar-refractivity contribution in [3.8, 4) is 6.07 Å². The third-order valence-corrected chi connectivity index (χ3v) is 1.63. The van der Waals surface area contributed by atoms with Gasteiger partial charge in [0, 0.05) is 19.0 Å². The maximum atomic E-state index is 11.2. The van der Waals surface area contributed by atoms with Gasteiger partial charge in [0.05, 0.1) is 12.6 Å². The van der Waals surface area contributed by atoms with Gasteiger partial charge in [-0.25, -0.2) is 0 Å². The van der Waals surface area contributed by atoms with Crippen molar-refractivity contribution in [1.82, 2.24) is 16.0 Å². The minimum Gasteiger partial charge on any atom is -0.354 e. The van der Waals surface area contributed by atoms with Crippen LogP contribution in [0.4, 0.5) is 0 Å². The van der Waals surface area contributed by atoms with Gasteiger partial charge in [-0.15, -0.1) is 0 Å². The molecule has 16 heavy (non-hydrogen) atoms. The predicted molar refractivity (Wildman–Crippen MR) is 59.4 cm³/mol. The molecule has 0 unspecified atom stereocenters. The summed E-state index contributed by atoms with van der Waals surface area (Å²) in [5, 5.41) is 16.2. The zero-order chi connectivity index (χ0) is 12.4. The lowest BCUT2D eigenvalue weighted by Gasteiger charge is -2.08. The third-order valence-electron chi connectivity index (χ3n) is 1.63. The second-order valence-electron chi connectivity index (χ2n) is 3.58. The van der Waals surface area contributed by atoms with Gasteiger partial charge in [-0.05, 0) is 13.8 Å². The van der Waals surface area contributed by atoms with Crippen LogP contribution in [0.3, 0.4) is 0 Å². The minimum absolute atomic E-state index is 0.00828. The lowest BCUT2D eigenvalue weighted by molar-refractivity contribution is -0.122. The van der Waals surface area contributed by atoms with E-state index in [0.29, 0.717) is 13.0 Å². The van der Waals surface area contributed by atoms with E-state index in [1.165, 1.54) is 0 Å². The number of rotatable bonds is 7. The Morgan fingerprint density at radius 2 is 2.00 bits per heavy atom. The molecule has 0 aromatic carbocycles. The van der Waals surface area contributed by atoms with Crippen LogP contribution in [0.2, 0.25) is 0 Å². The van der Waals surface area contributed by atoms with Crippen molar-refractivity contribution in [2.75, 3.05) is 19.6 Å². The first-order valence-corrected chi connectivity index (χ1v) is 5.20. The van der Waals surface area contributed by atoms with Crippen LogP contribution in [-0.4, -0.2) is 37.5 Å². The molecule has 6 heteroatoms. The van der Waals surface area contributed by atoms with Crippen LogP contribution in [-0.2, 0) is 9.59 Å². The molecule has 0 heterocycles. The highest BCUT2D eigenvalue weighted by Gasteiger charge is 2.03. The Balaban J connectivity index is 3.43. The molecule has 0 atom stereocenters. The molecule has 0 fully saturated rings. The van der Waals surface area contributed by atoms with Crippen LogP contribution < -0.4 is 16.0 Å². The van der Waals surface area contributed by atoms with Crippen molar-refractivity contribution < 1.29 is 9.59 Å². The van der Waals surface area contributed by atoms with Gasteiger partial charge in [-0.2, -0.15) is 5.26 Å². The minimum atomic E-state index is -0.245. The predicted octanol–water partition coefficient (Wildman–Crippen LogP) is -0.870. The summed E-state index contributed by atoms with van der Waals surface area (Å²) in [6.45, 7) is 4.35. The fraction of sp³-hybridized carbons (Fsp3) is 0.700. The van der Waals surface area contributed by atoms with E-state index < -0.39 is 0 Å². The summed E-state index contributed by atoms with van der Waals surface area (Å²) in [6.07, 6.45) is 0.337. The normalized spacial score (nSPS) is 9.62. The Labute approximate surface area is 95.4 Å². The molecule has 0 aliphatic rings. The fourth-order valence-corrected chi connectivity index (χ4v) is 0.999. The molecular weight excluding hydrogens is 208 g/mol. The number of carbonyl (C=O) groups excluding carboxylic acids is 2. The molecule has 0 saturated carbocycles. The molecule has 6 nitrogen and oxygen atoms in total. The van der Waals surface area contributed by atoms with Crippen LogP contribution in [0.5, 0.6) is 0 Å². The Morgan fingerprint density at radius 1 is 1.31 bits per heavy atom. The number of nitrogens with zero attached hydrogens (tertiary/aromatic N) is 1. The van der Waals surface area contributed by atoms with E-state index >= 15 is 0 Å². The van der Waals surface area contributed by atoms with Gasteiger partial charge in [0.25, 0.3) is 0 Å². The number of hydrogen-bond acceptors (Lipinski definition) is 4. The van der Waals surface area contributed by atoms with Crippen molar-refractivity contribution in [1.29, 1.82) is 5.26 Å². The van der Waals surface area contributed by atoms with E-state index in [9.17, 15) is 9.59 Å². The summed E-state index contributed by atoms with van der Waals surface area (Å²) in [6, 6.07) is 1.94. The van der Waals surface area contributed by atoms with Gasteiger partial charge >= 0.3 is 0 Å². The molecule has 90 valence electrons. The van der Waals surface area contributed by atoms with Crippen LogP contribution in [0.25, 0.3) is 0 Å². The molecule has 0 spiro atoms. The number of nitrogens with one attached hydrogen (secondary N) is 3. The SMILES string of the molecule is CC(C)NC(=O)CCNCC(=O)NCC#N. The van der Waals surface area contributed by atoms with E-state index in [1.807, 2.05) is 13.8 Å². The summed E-state index contributed by atoms with van der Waals surface area (Å²) in [4.78, 5) is 22.2. The molecule has 0 rings (SSSR count). The summed E-state index contributed by atoms with van der Waals surface area (Å²) >= 11 is 0. The Bertz CT molecular complexity index is 270. The Morgan fingerprint density at radius 3 is 2.56 bits per heavy atom. The summed E-state index contributed by atoms with van der Waals surface area (Å²) in [5.74, 6) is -0.286. The maximum Gasteiger partial charge on any atom is 0.234 e. The van der Waals surface area contributed by atoms with Crippen LogP contribution in [0.15, 0.2) is 0 Å². The number of hydrogen-bond donors (Lipinski definition) is 3. The highest BCUT2D eigenvalue weighted by atomic mass is 16.2. The van der Waals surface area contributed by atoms with Crippen LogP contribution >= 0.6 is 0 Å². The summed E-state index contributed by atoms with van der Waals surface area (Å²) in [5.41, 5.74) is 0. The van der Waals surface area contributed by atoms with Crippen LogP contribution in [0.1, 0.15) is 20.3 Å². The van der Waals surface area contributed by atoms with Crippen molar-refractivity contribution >= 4 is 11.8 Å². The lowest BCUT2D eigenvalue weighted by Crippen LogP contribution is -2.37. The topological polar surface area (TPSA) is 94.0 Å². The second kappa shape index (κ2) is 8.68. The van der Waals surface area contributed by atoms with Crippen LogP contribution in [0, 0.1) is 11.3 Å². The Kier molecular flexibility index (Phi) is 7.81. The van der Waals surface area contributed by atoms with Gasteiger partial charge in [0.15, 0.2) is 0 Å². The van der Waals surface area contributed by atoms with Gasteiger partial charge < -0.3 is 16.0 Å². The van der Waals surface area contributed by atoms with E-state index in [4.69, 9.17) is 5.26 Å². The first-order chi connectivity index (χ1) is 7.56. The third kappa shape index (κ3) is 8.97. The first kappa shape index (κ1) is 14.4. The molecule has 0 saturated heterocycles. The highest BCUT2D eigenvalue weighted by molar-refractivity contribution is 5.78. The van der Waals surface area contributed by atoms with E-state index in [-0.39, 0.29) is 30.9 Å². The highest BCUT2D eigenvalue weighted by Crippen LogP contribution is 1.81. The summed E-state index contributed by atoms with van der Waals surface area (Å²) < 4.78 is 0. The van der Waals surface area contributed by atoms with E-state index in [0.717, 1.165) is 0 Å². The zero-order valence-corrected chi connectivity index (χ0v) is 9.67. The molecule has 2 amide bonds. The van der Waals surface area contributed by atoms with Gasteiger partial charge in [0.1, 0.15) is 6.54 Å². The maximum absolute atomic E-state index is 11.2. The van der Waals surface area contributed by atoms with Crippen molar-refractivity contribution in [3.05, 3.63) is 0 Å². The lowest BCUT2D eigenvalue weighted by atomic mass is 10.3. The number of carbonyl (C=O) groups is 2. The van der Waals surface area contributed by atoms with E-state index in [2.05, 4.69) is 16.0 Å². The molecule has 0 aliphatic carbocycles. The Hall–Kier alpha value is -1.61. The molecular formula is C10H18N4O2. The standard InChI is InChI=1S/C10H18N4O2/c1-8(2)14-9(15)3-5-12-7-10(16)13-6-4-11/h8,12H,3,5-7H2,1-2H3,(H,13,16)(H,14,15). The average Bonchev–Trinajstić information content (AvgIpc) is 2.20. The zero-order valence-electron chi connectivity index (χ0n) is 9.67. The molecule has 3 N–H and O–H groups in total. The van der Waals surface area contributed by atoms with Gasteiger partial charge in [0.2, 0.25) is 11.8 Å². The van der Waals surface area contributed by atoms with E-state index in [1.54, 1.807) is 6.07 Å². The molecule has 0 aliphatic heterocycles. The number of amides is 2. The fourth-order valence-electron chi connectivity index (χ4n) is 0.999. The largest absolute Gasteiger partial charge is 0.354 e. The van der Waals surface area contributed by atoms with Gasteiger partial charge in [-0.1, -0.05) is 0 Å². The molecule has 0 aromatic heterocycles. The average molecular weight is 226 g/mol. The second-order valence-corrected chi connectivity index (χ2v) is 3.58. The first-order valence-electron chi connectivity index (χ1n) is 5.20. The van der Waals surface area contributed by atoms with Gasteiger partial charge in [-0.3, -0.25) is 9.59 Å².